The molecule has 2 aromatic heterocycles. The van der Waals surface area contributed by atoms with Gasteiger partial charge >= 0.3 is 5.91 Å². The van der Waals surface area contributed by atoms with Crippen LogP contribution in [0, 0.1) is 0 Å². The van der Waals surface area contributed by atoms with Crippen LogP contribution in [-0.4, -0.2) is 28.3 Å². The molecular formula is C19H14N4O4. The van der Waals surface area contributed by atoms with Crippen molar-refractivity contribution in [1.29, 1.82) is 0 Å². The maximum atomic E-state index is 12.2. The third-order valence-corrected chi connectivity index (χ3v) is 4.00. The number of nitrogens with one attached hydrogen (secondary N) is 1. The number of amides is 1. The molecule has 0 unspecified atom stereocenters. The van der Waals surface area contributed by atoms with Crippen LogP contribution in [0.2, 0.25) is 0 Å². The minimum Gasteiger partial charge on any atom is -0.497 e. The van der Waals surface area contributed by atoms with E-state index in [0.29, 0.717) is 22.4 Å². The minimum atomic E-state index is -0.678. The van der Waals surface area contributed by atoms with Crippen molar-refractivity contribution in [1.82, 2.24) is 10.1 Å². The van der Waals surface area contributed by atoms with Crippen molar-refractivity contribution in [2.24, 2.45) is 10.2 Å². The van der Waals surface area contributed by atoms with Crippen LogP contribution in [0.4, 0.5) is 5.69 Å². The fourth-order valence-corrected chi connectivity index (χ4v) is 2.63. The lowest BCUT2D eigenvalue weighted by Crippen LogP contribution is -1.92. The number of aromatic hydroxyl groups is 1. The van der Waals surface area contributed by atoms with E-state index in [0.717, 1.165) is 5.56 Å². The number of hydrogen-bond acceptors (Lipinski definition) is 6. The summed E-state index contributed by atoms with van der Waals surface area (Å²) in [5, 5.41) is 21.9. The number of nitrogens with zero attached hydrogens (tertiary/aromatic N) is 3. The summed E-state index contributed by atoms with van der Waals surface area (Å²) in [6, 6.07) is 15.8. The molecule has 0 radical (unpaired) electrons. The molecule has 0 aliphatic heterocycles. The van der Waals surface area contributed by atoms with Gasteiger partial charge in [-0.2, -0.15) is 0 Å². The SMILES string of the molecule is COc1ccc(-c2cc(C(=O)N=Nc3c(O)[nH]c4ccccc34)no2)cc1. The van der Waals surface area contributed by atoms with Crippen LogP contribution >= 0.6 is 0 Å². The predicted molar refractivity (Wildman–Crippen MR) is 97.3 cm³/mol. The molecule has 2 N–H and O–H groups in total. The van der Waals surface area contributed by atoms with Gasteiger partial charge in [0.2, 0.25) is 5.88 Å². The summed E-state index contributed by atoms with van der Waals surface area (Å²) in [5.41, 5.74) is 1.65. The number of aromatic nitrogens is 2. The molecule has 1 amide bonds. The van der Waals surface area contributed by atoms with Gasteiger partial charge in [0.1, 0.15) is 5.75 Å². The molecule has 0 atom stereocenters. The number of carbonyl (C=O) groups is 1. The quantitative estimate of drug-likeness (QED) is 0.520. The second kappa shape index (κ2) is 6.75. The van der Waals surface area contributed by atoms with Crippen LogP contribution in [0.3, 0.4) is 0 Å². The summed E-state index contributed by atoms with van der Waals surface area (Å²) in [4.78, 5) is 15.0. The Kier molecular flexibility index (Phi) is 4.13. The predicted octanol–water partition coefficient (Wildman–Crippen LogP) is 4.46. The Morgan fingerprint density at radius 3 is 2.74 bits per heavy atom. The number of aromatic amines is 1. The zero-order valence-electron chi connectivity index (χ0n) is 14.2. The van der Waals surface area contributed by atoms with Gasteiger partial charge in [-0.05, 0) is 30.3 Å². The first-order chi connectivity index (χ1) is 13.2. The van der Waals surface area contributed by atoms with Gasteiger partial charge in [0.15, 0.2) is 17.1 Å². The van der Waals surface area contributed by atoms with Gasteiger partial charge in [0, 0.05) is 17.0 Å². The Labute approximate surface area is 153 Å². The highest BCUT2D eigenvalue weighted by Crippen LogP contribution is 2.35. The van der Waals surface area contributed by atoms with Crippen LogP contribution in [0.15, 0.2) is 69.3 Å². The molecule has 4 rings (SSSR count). The van der Waals surface area contributed by atoms with Gasteiger partial charge in [-0.25, -0.2) is 0 Å². The Balaban J connectivity index is 1.57. The number of H-pyrrole nitrogens is 1. The van der Waals surface area contributed by atoms with Gasteiger partial charge in [0.25, 0.3) is 0 Å². The monoisotopic (exact) mass is 362 g/mol. The van der Waals surface area contributed by atoms with Crippen LogP contribution in [-0.2, 0) is 0 Å². The van der Waals surface area contributed by atoms with Crippen LogP contribution in [0.5, 0.6) is 11.6 Å². The molecule has 0 aliphatic rings. The number of benzene rings is 2. The standard InChI is InChI=1S/C19H14N4O4/c1-26-12-8-6-11(7-9-12)16-10-15(23-27-16)18(24)22-21-17-13-4-2-3-5-14(13)20-19(17)25/h2-10,20,25H,1H3. The van der Waals surface area contributed by atoms with Crippen molar-refractivity contribution in [2.45, 2.75) is 0 Å². The molecule has 8 nitrogen and oxygen atoms in total. The van der Waals surface area contributed by atoms with E-state index in [1.165, 1.54) is 6.07 Å². The highest BCUT2D eigenvalue weighted by molar-refractivity contribution is 5.96. The number of fused-ring (bicyclic) bond motifs is 1. The molecule has 27 heavy (non-hydrogen) atoms. The van der Waals surface area contributed by atoms with Crippen molar-refractivity contribution in [3.05, 3.63) is 60.3 Å². The van der Waals surface area contributed by atoms with Crippen molar-refractivity contribution >= 4 is 22.5 Å². The molecule has 2 aromatic carbocycles. The molecule has 0 saturated heterocycles. The zero-order valence-corrected chi connectivity index (χ0v) is 14.2. The summed E-state index contributed by atoms with van der Waals surface area (Å²) in [5.74, 6) is 0.295. The fourth-order valence-electron chi connectivity index (χ4n) is 2.63. The van der Waals surface area contributed by atoms with Crippen molar-refractivity contribution in [2.75, 3.05) is 7.11 Å². The number of carbonyl (C=O) groups excluding carboxylic acids is 1. The number of hydrogen-bond donors (Lipinski definition) is 2. The van der Waals surface area contributed by atoms with Gasteiger partial charge in [0.05, 0.1) is 12.6 Å². The molecule has 0 spiro atoms. The van der Waals surface area contributed by atoms with Crippen molar-refractivity contribution < 1.29 is 19.2 Å². The van der Waals surface area contributed by atoms with Crippen molar-refractivity contribution in [3.63, 3.8) is 0 Å². The van der Waals surface area contributed by atoms with E-state index < -0.39 is 5.91 Å². The van der Waals surface area contributed by atoms with Crippen LogP contribution in [0.1, 0.15) is 10.5 Å². The van der Waals surface area contributed by atoms with E-state index in [1.54, 1.807) is 49.6 Å². The summed E-state index contributed by atoms with van der Waals surface area (Å²) >= 11 is 0. The zero-order chi connectivity index (χ0) is 18.8. The summed E-state index contributed by atoms with van der Waals surface area (Å²) in [7, 11) is 1.58. The third-order valence-electron chi connectivity index (χ3n) is 4.00. The Morgan fingerprint density at radius 2 is 1.96 bits per heavy atom. The summed E-state index contributed by atoms with van der Waals surface area (Å²) in [6.07, 6.45) is 0. The number of rotatable bonds is 4. The number of para-hydroxylation sites is 1. The molecular weight excluding hydrogens is 348 g/mol. The Bertz CT molecular complexity index is 1140. The lowest BCUT2D eigenvalue weighted by molar-refractivity contribution is 0.0986. The second-order valence-corrected chi connectivity index (χ2v) is 5.68. The largest absolute Gasteiger partial charge is 0.497 e. The van der Waals surface area contributed by atoms with Crippen molar-refractivity contribution in [3.8, 4) is 23.0 Å². The van der Waals surface area contributed by atoms with E-state index in [4.69, 9.17) is 9.26 Å². The van der Waals surface area contributed by atoms with E-state index in [2.05, 4.69) is 20.4 Å². The Morgan fingerprint density at radius 1 is 1.19 bits per heavy atom. The van der Waals surface area contributed by atoms with E-state index >= 15 is 0 Å². The van der Waals surface area contributed by atoms with Gasteiger partial charge in [-0.1, -0.05) is 23.4 Å². The number of methoxy groups -OCH3 is 1. The highest BCUT2D eigenvalue weighted by atomic mass is 16.5. The molecule has 134 valence electrons. The van der Waals surface area contributed by atoms with Gasteiger partial charge in [-0.15, -0.1) is 10.2 Å². The van der Waals surface area contributed by atoms with Gasteiger partial charge < -0.3 is 19.4 Å². The first kappa shape index (κ1) is 16.5. The first-order valence-corrected chi connectivity index (χ1v) is 8.02. The van der Waals surface area contributed by atoms with E-state index in [-0.39, 0.29) is 17.3 Å². The number of ether oxygens (including phenoxy) is 1. The normalized spacial score (nSPS) is 11.3. The topological polar surface area (TPSA) is 113 Å². The minimum absolute atomic E-state index is 0.0175. The molecule has 2 heterocycles. The highest BCUT2D eigenvalue weighted by Gasteiger charge is 2.15. The van der Waals surface area contributed by atoms with E-state index in [1.807, 2.05) is 6.07 Å². The number of azo groups is 1. The smallest absolute Gasteiger partial charge is 0.317 e. The van der Waals surface area contributed by atoms with Crippen LogP contribution < -0.4 is 4.74 Å². The second-order valence-electron chi connectivity index (χ2n) is 5.68. The van der Waals surface area contributed by atoms with Gasteiger partial charge in [-0.3, -0.25) is 4.79 Å². The lowest BCUT2D eigenvalue weighted by Gasteiger charge is -1.99. The lowest BCUT2D eigenvalue weighted by atomic mass is 10.1. The molecule has 8 heteroatoms. The Hall–Kier alpha value is -3.94. The fraction of sp³-hybridized carbons (Fsp3) is 0.0526. The maximum Gasteiger partial charge on any atom is 0.317 e. The average molecular weight is 362 g/mol. The molecule has 0 bridgehead atoms. The average Bonchev–Trinajstić information content (AvgIpc) is 3.31. The molecule has 0 aliphatic carbocycles. The third kappa shape index (κ3) is 3.15. The molecule has 0 fully saturated rings. The first-order valence-electron chi connectivity index (χ1n) is 8.02. The van der Waals surface area contributed by atoms with E-state index in [9.17, 15) is 9.90 Å². The molecule has 0 saturated carbocycles. The summed E-state index contributed by atoms with van der Waals surface area (Å²) in [6.45, 7) is 0. The molecule has 4 aromatic rings. The van der Waals surface area contributed by atoms with Crippen LogP contribution in [0.25, 0.3) is 22.2 Å². The summed E-state index contributed by atoms with van der Waals surface area (Å²) < 4.78 is 10.3. The maximum absolute atomic E-state index is 12.2.